The summed E-state index contributed by atoms with van der Waals surface area (Å²) in [4.78, 5) is 9.91. The summed E-state index contributed by atoms with van der Waals surface area (Å²) < 4.78 is 29.5. The fourth-order valence-electron chi connectivity index (χ4n) is 1.42. The van der Waals surface area contributed by atoms with Gasteiger partial charge in [-0.15, -0.1) is 0 Å². The molecule has 0 aliphatic heterocycles. The number of nitrogens with zero attached hydrogens (tertiary/aromatic N) is 1. The molecule has 0 saturated carbocycles. The largest absolute Gasteiger partial charge is 0.379 e. The van der Waals surface area contributed by atoms with Gasteiger partial charge in [0.25, 0.3) is 5.69 Å². The lowest BCUT2D eigenvalue weighted by Crippen LogP contribution is -2.09. The van der Waals surface area contributed by atoms with Gasteiger partial charge >= 0.3 is 10.1 Å². The molecule has 104 valence electrons. The third kappa shape index (κ3) is 3.34. The zero-order chi connectivity index (χ0) is 14.8. The second-order valence-electron chi connectivity index (χ2n) is 3.75. The Hall–Kier alpha value is -1.93. The summed E-state index contributed by atoms with van der Waals surface area (Å²) >= 11 is 3.17. The minimum absolute atomic E-state index is 0.00905. The van der Waals surface area contributed by atoms with Crippen molar-refractivity contribution in [3.05, 3.63) is 63.1 Å². The van der Waals surface area contributed by atoms with Gasteiger partial charge in [-0.2, -0.15) is 8.42 Å². The van der Waals surface area contributed by atoms with Crippen molar-refractivity contribution in [1.82, 2.24) is 0 Å². The van der Waals surface area contributed by atoms with Crippen LogP contribution in [0.4, 0.5) is 5.69 Å². The second-order valence-corrected chi connectivity index (χ2v) is 6.21. The molecule has 2 aromatic rings. The van der Waals surface area contributed by atoms with Crippen molar-refractivity contribution in [3.63, 3.8) is 0 Å². The van der Waals surface area contributed by atoms with E-state index in [1.807, 2.05) is 0 Å². The Morgan fingerprint density at radius 1 is 1.10 bits per heavy atom. The second kappa shape index (κ2) is 5.59. The zero-order valence-corrected chi connectivity index (χ0v) is 12.3. The number of hydrogen-bond acceptors (Lipinski definition) is 5. The summed E-state index contributed by atoms with van der Waals surface area (Å²) in [6.07, 6.45) is 0. The molecular weight excluding hydrogens is 350 g/mol. The first-order valence-electron chi connectivity index (χ1n) is 5.33. The van der Waals surface area contributed by atoms with Gasteiger partial charge in [0.05, 0.1) is 4.92 Å². The smallest absolute Gasteiger partial charge is 0.339 e. The van der Waals surface area contributed by atoms with Crippen LogP contribution in [0.5, 0.6) is 5.75 Å². The van der Waals surface area contributed by atoms with Crippen molar-refractivity contribution in [2.75, 3.05) is 0 Å². The fraction of sp³-hybridized carbons (Fsp3) is 0. The van der Waals surface area contributed by atoms with Gasteiger partial charge in [0.15, 0.2) is 0 Å². The molecule has 6 nitrogen and oxygen atoms in total. The van der Waals surface area contributed by atoms with Crippen molar-refractivity contribution in [3.8, 4) is 5.75 Å². The van der Waals surface area contributed by atoms with Crippen LogP contribution in [-0.2, 0) is 10.1 Å². The van der Waals surface area contributed by atoms with Gasteiger partial charge in [-0.3, -0.25) is 10.1 Å². The first-order valence-corrected chi connectivity index (χ1v) is 7.53. The van der Waals surface area contributed by atoms with Crippen LogP contribution < -0.4 is 4.18 Å². The molecular formula is C12H8BrNO5S. The van der Waals surface area contributed by atoms with E-state index in [1.165, 1.54) is 36.4 Å². The normalized spacial score (nSPS) is 11.1. The molecule has 0 atom stereocenters. The Labute approximate surface area is 123 Å². The Morgan fingerprint density at radius 2 is 1.75 bits per heavy atom. The molecule has 2 rings (SSSR count). The zero-order valence-electron chi connectivity index (χ0n) is 9.89. The van der Waals surface area contributed by atoms with Crippen molar-refractivity contribution < 1.29 is 17.5 Å². The third-order valence-corrected chi connectivity index (χ3v) is 4.07. The average Bonchev–Trinajstić information content (AvgIpc) is 2.39. The molecule has 0 saturated heterocycles. The number of nitro benzene ring substituents is 1. The van der Waals surface area contributed by atoms with Gasteiger partial charge in [0.2, 0.25) is 0 Å². The third-order valence-electron chi connectivity index (χ3n) is 2.34. The number of halogens is 1. The molecule has 0 heterocycles. The summed E-state index contributed by atoms with van der Waals surface area (Å²) in [6.45, 7) is 0. The van der Waals surface area contributed by atoms with Gasteiger partial charge in [-0.05, 0) is 30.3 Å². The quantitative estimate of drug-likeness (QED) is 0.476. The monoisotopic (exact) mass is 357 g/mol. The molecule has 0 aromatic heterocycles. The van der Waals surface area contributed by atoms with E-state index >= 15 is 0 Å². The highest BCUT2D eigenvalue weighted by Crippen LogP contribution is 2.23. The van der Waals surface area contributed by atoms with Crippen LogP contribution in [0.25, 0.3) is 0 Å². The molecule has 0 aliphatic carbocycles. The van der Waals surface area contributed by atoms with E-state index in [0.29, 0.717) is 4.47 Å². The van der Waals surface area contributed by atoms with Gasteiger partial charge in [0.1, 0.15) is 10.6 Å². The molecule has 0 bridgehead atoms. The van der Waals surface area contributed by atoms with Crippen LogP contribution in [0, 0.1) is 10.1 Å². The molecule has 0 unspecified atom stereocenters. The summed E-state index contributed by atoms with van der Waals surface area (Å²) in [5.74, 6) is 0.00979. The summed E-state index contributed by atoms with van der Waals surface area (Å²) in [6, 6.07) is 10.9. The van der Waals surface area contributed by atoms with Gasteiger partial charge in [-0.1, -0.05) is 22.0 Å². The number of benzene rings is 2. The minimum Gasteiger partial charge on any atom is -0.379 e. The number of nitro groups is 1. The van der Waals surface area contributed by atoms with Crippen LogP contribution in [0.15, 0.2) is 57.9 Å². The standard InChI is InChI=1S/C12H8BrNO5S/c13-9-2-1-3-12(8-9)20(17,18)19-11-6-4-10(5-7-11)14(15)16/h1-8H. The fourth-order valence-corrected chi connectivity index (χ4v) is 2.95. The van der Waals surface area contributed by atoms with Gasteiger partial charge in [0, 0.05) is 16.6 Å². The highest BCUT2D eigenvalue weighted by atomic mass is 79.9. The number of hydrogen-bond donors (Lipinski definition) is 0. The highest BCUT2D eigenvalue weighted by molar-refractivity contribution is 9.10. The maximum absolute atomic E-state index is 12.0. The Bertz CT molecular complexity index is 743. The van der Waals surface area contributed by atoms with E-state index in [1.54, 1.807) is 12.1 Å². The number of non-ortho nitro benzene ring substituents is 1. The minimum atomic E-state index is -3.97. The number of rotatable bonds is 4. The van der Waals surface area contributed by atoms with Crippen molar-refractivity contribution >= 4 is 31.7 Å². The molecule has 0 fully saturated rings. The Balaban J connectivity index is 2.26. The highest BCUT2D eigenvalue weighted by Gasteiger charge is 2.17. The van der Waals surface area contributed by atoms with Crippen LogP contribution in [0.1, 0.15) is 0 Å². The van der Waals surface area contributed by atoms with E-state index in [-0.39, 0.29) is 16.3 Å². The lowest BCUT2D eigenvalue weighted by atomic mass is 10.3. The molecule has 0 spiro atoms. The topological polar surface area (TPSA) is 86.5 Å². The molecule has 0 amide bonds. The van der Waals surface area contributed by atoms with Gasteiger partial charge < -0.3 is 4.18 Å². The summed E-state index contributed by atoms with van der Waals surface area (Å²) in [7, 11) is -3.97. The molecule has 0 aliphatic rings. The molecule has 0 radical (unpaired) electrons. The van der Waals surface area contributed by atoms with E-state index in [2.05, 4.69) is 15.9 Å². The SMILES string of the molecule is O=[N+]([O-])c1ccc(OS(=O)(=O)c2cccc(Br)c2)cc1. The lowest BCUT2D eigenvalue weighted by Gasteiger charge is -2.06. The average molecular weight is 358 g/mol. The first kappa shape index (κ1) is 14.5. The van der Waals surface area contributed by atoms with Crippen LogP contribution in [-0.4, -0.2) is 13.3 Å². The Morgan fingerprint density at radius 3 is 2.30 bits per heavy atom. The molecule has 20 heavy (non-hydrogen) atoms. The summed E-state index contributed by atoms with van der Waals surface area (Å²) in [5, 5.41) is 10.5. The van der Waals surface area contributed by atoms with Crippen molar-refractivity contribution in [2.24, 2.45) is 0 Å². The maximum Gasteiger partial charge on any atom is 0.339 e. The van der Waals surface area contributed by atoms with Crippen molar-refractivity contribution in [1.29, 1.82) is 0 Å². The molecule has 0 N–H and O–H groups in total. The predicted octanol–water partition coefficient (Wildman–Crippen LogP) is 3.13. The first-order chi connectivity index (χ1) is 9.38. The van der Waals surface area contributed by atoms with E-state index in [0.717, 1.165) is 0 Å². The molecule has 8 heteroatoms. The van der Waals surface area contributed by atoms with Crippen molar-refractivity contribution in [2.45, 2.75) is 4.90 Å². The Kier molecular flexibility index (Phi) is 4.05. The van der Waals surface area contributed by atoms with Crippen LogP contribution in [0.3, 0.4) is 0 Å². The summed E-state index contributed by atoms with van der Waals surface area (Å²) in [5.41, 5.74) is -0.141. The lowest BCUT2D eigenvalue weighted by molar-refractivity contribution is -0.384. The van der Waals surface area contributed by atoms with E-state index in [4.69, 9.17) is 4.18 Å². The van der Waals surface area contributed by atoms with Crippen LogP contribution >= 0.6 is 15.9 Å². The van der Waals surface area contributed by atoms with Gasteiger partial charge in [-0.25, -0.2) is 0 Å². The van der Waals surface area contributed by atoms with E-state index < -0.39 is 15.0 Å². The van der Waals surface area contributed by atoms with E-state index in [9.17, 15) is 18.5 Å². The predicted molar refractivity (Wildman–Crippen MR) is 75.1 cm³/mol. The molecule has 2 aromatic carbocycles. The van der Waals surface area contributed by atoms with Crippen LogP contribution in [0.2, 0.25) is 0 Å². The maximum atomic E-state index is 12.0.